The number of para-hydroxylation sites is 1. The molecule has 4 rings (SSSR count). The average Bonchev–Trinajstić information content (AvgIpc) is 3.20. The highest BCUT2D eigenvalue weighted by Crippen LogP contribution is 2.24. The van der Waals surface area contributed by atoms with Crippen molar-refractivity contribution in [2.24, 2.45) is 7.05 Å². The Kier molecular flexibility index (Phi) is 4.37. The van der Waals surface area contributed by atoms with E-state index in [-0.39, 0.29) is 17.8 Å². The molecule has 0 spiro atoms. The highest BCUT2D eigenvalue weighted by atomic mass is 16.5. The summed E-state index contributed by atoms with van der Waals surface area (Å²) in [5, 5.41) is 0. The van der Waals surface area contributed by atoms with E-state index in [0.29, 0.717) is 5.78 Å². The van der Waals surface area contributed by atoms with Gasteiger partial charge in [-0.1, -0.05) is 18.2 Å². The van der Waals surface area contributed by atoms with Gasteiger partial charge in [0.15, 0.2) is 11.2 Å². The van der Waals surface area contributed by atoms with Crippen LogP contribution >= 0.6 is 0 Å². The molecule has 0 aliphatic heterocycles. The average molecular weight is 395 g/mol. The number of imidazole rings is 2. The smallest absolute Gasteiger partial charge is 0.333 e. The van der Waals surface area contributed by atoms with Crippen molar-refractivity contribution >= 4 is 22.9 Å². The second-order valence-corrected chi connectivity index (χ2v) is 6.80. The monoisotopic (exact) mass is 395 g/mol. The molecule has 0 N–H and O–H groups in total. The number of nitrogens with zero attached hydrogens (tertiary/aromatic N) is 5. The fourth-order valence-electron chi connectivity index (χ4n) is 3.61. The fraction of sp³-hybridized carbons (Fsp3) is 0.300. The molecule has 0 fully saturated rings. The normalized spacial score (nSPS) is 11.4. The number of hydrogen-bond acceptors (Lipinski definition) is 5. The largest absolute Gasteiger partial charge is 0.465 e. The summed E-state index contributed by atoms with van der Waals surface area (Å²) in [7, 11) is 1.53. The molecule has 9 nitrogen and oxygen atoms in total. The first kappa shape index (κ1) is 18.7. The van der Waals surface area contributed by atoms with Gasteiger partial charge in [0.2, 0.25) is 5.78 Å². The van der Waals surface area contributed by atoms with E-state index in [1.54, 1.807) is 11.3 Å². The summed E-state index contributed by atoms with van der Waals surface area (Å²) in [6.45, 7) is 5.23. The van der Waals surface area contributed by atoms with Gasteiger partial charge >= 0.3 is 11.7 Å². The van der Waals surface area contributed by atoms with Gasteiger partial charge in [0.25, 0.3) is 5.56 Å². The van der Waals surface area contributed by atoms with Crippen molar-refractivity contribution in [3.63, 3.8) is 0 Å². The lowest BCUT2D eigenvalue weighted by Gasteiger charge is -2.08. The maximum absolute atomic E-state index is 13.2. The van der Waals surface area contributed by atoms with E-state index in [0.717, 1.165) is 21.6 Å². The summed E-state index contributed by atoms with van der Waals surface area (Å²) in [5.74, 6) is -0.108. The van der Waals surface area contributed by atoms with Crippen molar-refractivity contribution in [3.05, 3.63) is 62.6 Å². The molecule has 3 aromatic heterocycles. The van der Waals surface area contributed by atoms with E-state index in [2.05, 4.69) is 4.98 Å². The van der Waals surface area contributed by atoms with E-state index < -0.39 is 23.8 Å². The van der Waals surface area contributed by atoms with Gasteiger partial charge in [-0.3, -0.25) is 23.1 Å². The van der Waals surface area contributed by atoms with E-state index in [1.807, 2.05) is 48.7 Å². The third-order valence-electron chi connectivity index (χ3n) is 5.13. The number of benzene rings is 1. The van der Waals surface area contributed by atoms with Crippen LogP contribution in [0.5, 0.6) is 0 Å². The quantitative estimate of drug-likeness (QED) is 0.486. The van der Waals surface area contributed by atoms with Crippen molar-refractivity contribution in [1.82, 2.24) is 23.1 Å². The third kappa shape index (κ3) is 2.69. The minimum absolute atomic E-state index is 0.172. The van der Waals surface area contributed by atoms with Gasteiger partial charge in [-0.2, -0.15) is 4.98 Å². The first-order chi connectivity index (χ1) is 13.9. The van der Waals surface area contributed by atoms with E-state index >= 15 is 0 Å². The molecular weight excluding hydrogens is 374 g/mol. The summed E-state index contributed by atoms with van der Waals surface area (Å²) < 4.78 is 10.8. The summed E-state index contributed by atoms with van der Waals surface area (Å²) in [5.41, 5.74) is 1.98. The molecule has 0 radical (unpaired) electrons. The molecule has 3 heterocycles. The van der Waals surface area contributed by atoms with Gasteiger partial charge in [0.1, 0.15) is 6.54 Å². The molecule has 1 aromatic carbocycles. The number of esters is 1. The fourth-order valence-corrected chi connectivity index (χ4v) is 3.61. The van der Waals surface area contributed by atoms with Crippen LogP contribution in [0.1, 0.15) is 18.3 Å². The summed E-state index contributed by atoms with van der Waals surface area (Å²) in [6.07, 6.45) is 0. The third-order valence-corrected chi connectivity index (χ3v) is 5.13. The topological polar surface area (TPSA) is 92.5 Å². The number of rotatable bonds is 4. The standard InChI is InChI=1S/C20H21N5O4/c1-5-29-15(26)11-23-18(27)16-17(22(4)20(23)28)21-19-24(12(2)13(3)25(16)19)14-9-7-6-8-10-14/h6-10H,5,11H2,1-4H3. The minimum atomic E-state index is -0.637. The van der Waals surface area contributed by atoms with Gasteiger partial charge in [-0.05, 0) is 32.9 Å². The number of ether oxygens (including phenoxy) is 1. The Balaban J connectivity index is 2.09. The predicted octanol–water partition coefficient (Wildman–Crippen LogP) is 1.32. The first-order valence-electron chi connectivity index (χ1n) is 9.27. The molecule has 4 aromatic rings. The van der Waals surface area contributed by atoms with Gasteiger partial charge < -0.3 is 4.74 Å². The lowest BCUT2D eigenvalue weighted by molar-refractivity contribution is -0.143. The van der Waals surface area contributed by atoms with Crippen LogP contribution in [-0.2, 0) is 23.1 Å². The first-order valence-corrected chi connectivity index (χ1v) is 9.27. The van der Waals surface area contributed by atoms with E-state index in [4.69, 9.17) is 4.74 Å². The second kappa shape index (κ2) is 6.77. The lowest BCUT2D eigenvalue weighted by atomic mass is 10.3. The van der Waals surface area contributed by atoms with Gasteiger partial charge in [-0.25, -0.2) is 9.36 Å². The van der Waals surface area contributed by atoms with Crippen LogP contribution < -0.4 is 11.2 Å². The molecule has 0 atom stereocenters. The molecule has 0 bridgehead atoms. The van der Waals surface area contributed by atoms with Crippen LogP contribution in [0, 0.1) is 13.8 Å². The number of aryl methyl sites for hydroxylation is 2. The summed E-state index contributed by atoms with van der Waals surface area (Å²) in [4.78, 5) is 42.4. The summed E-state index contributed by atoms with van der Waals surface area (Å²) >= 11 is 0. The Hall–Kier alpha value is -3.62. The Bertz CT molecular complexity index is 1370. The summed E-state index contributed by atoms with van der Waals surface area (Å²) in [6, 6.07) is 9.66. The molecule has 150 valence electrons. The SMILES string of the molecule is CCOC(=O)Cn1c(=O)c2c(nc3n(-c4ccccc4)c(C)c(C)n23)n(C)c1=O. The van der Waals surface area contributed by atoms with Gasteiger partial charge in [-0.15, -0.1) is 0 Å². The zero-order valence-electron chi connectivity index (χ0n) is 16.7. The van der Waals surface area contributed by atoms with Crippen LogP contribution in [0.25, 0.3) is 22.6 Å². The number of carbonyl (C=O) groups is 1. The van der Waals surface area contributed by atoms with Gasteiger partial charge in [0, 0.05) is 24.1 Å². The van der Waals surface area contributed by atoms with Crippen molar-refractivity contribution in [2.45, 2.75) is 27.3 Å². The van der Waals surface area contributed by atoms with Crippen LogP contribution in [0.2, 0.25) is 0 Å². The maximum atomic E-state index is 13.2. The number of hydrogen-bond donors (Lipinski definition) is 0. The van der Waals surface area contributed by atoms with Crippen molar-refractivity contribution in [3.8, 4) is 5.69 Å². The van der Waals surface area contributed by atoms with E-state index in [9.17, 15) is 14.4 Å². The Morgan fingerprint density at radius 3 is 2.45 bits per heavy atom. The minimum Gasteiger partial charge on any atom is -0.465 e. The van der Waals surface area contributed by atoms with Crippen LogP contribution in [0.4, 0.5) is 0 Å². The zero-order valence-corrected chi connectivity index (χ0v) is 16.7. The Morgan fingerprint density at radius 1 is 1.10 bits per heavy atom. The van der Waals surface area contributed by atoms with Crippen molar-refractivity contribution in [2.75, 3.05) is 6.61 Å². The molecule has 0 saturated heterocycles. The molecule has 29 heavy (non-hydrogen) atoms. The molecule has 0 amide bonds. The number of aromatic nitrogens is 5. The molecule has 0 aliphatic rings. The van der Waals surface area contributed by atoms with E-state index in [1.165, 1.54) is 11.6 Å². The molecule has 0 aliphatic carbocycles. The van der Waals surface area contributed by atoms with Gasteiger partial charge in [0.05, 0.1) is 6.61 Å². The number of carbonyl (C=O) groups excluding carboxylic acids is 1. The molecule has 0 unspecified atom stereocenters. The van der Waals surface area contributed by atoms with Crippen LogP contribution in [0.15, 0.2) is 39.9 Å². The highest BCUT2D eigenvalue weighted by molar-refractivity contribution is 5.78. The number of fused-ring (bicyclic) bond motifs is 3. The molecule has 0 saturated carbocycles. The molecular formula is C20H21N5O4. The Labute approximate surface area is 165 Å². The zero-order chi connectivity index (χ0) is 20.9. The Morgan fingerprint density at radius 2 is 1.79 bits per heavy atom. The van der Waals surface area contributed by atoms with Crippen LogP contribution in [0.3, 0.4) is 0 Å². The molecule has 9 heteroatoms. The van der Waals surface area contributed by atoms with Crippen molar-refractivity contribution < 1.29 is 9.53 Å². The lowest BCUT2D eigenvalue weighted by Crippen LogP contribution is -2.41. The second-order valence-electron chi connectivity index (χ2n) is 6.80. The highest BCUT2D eigenvalue weighted by Gasteiger charge is 2.23. The van der Waals surface area contributed by atoms with Crippen molar-refractivity contribution in [1.29, 1.82) is 0 Å². The maximum Gasteiger partial charge on any atom is 0.333 e. The van der Waals surface area contributed by atoms with Crippen LogP contribution in [-0.4, -0.2) is 35.7 Å². The predicted molar refractivity (Wildman–Crippen MR) is 108 cm³/mol.